The Balaban J connectivity index is 2.34. The molecule has 0 spiro atoms. The van der Waals surface area contributed by atoms with Crippen LogP contribution in [0.25, 0.3) is 0 Å². The van der Waals surface area contributed by atoms with Gasteiger partial charge in [-0.2, -0.15) is 0 Å². The largest absolute Gasteiger partial charge is 0.376 e. The Morgan fingerprint density at radius 2 is 2.05 bits per heavy atom. The second kappa shape index (κ2) is 6.06. The zero-order valence-electron chi connectivity index (χ0n) is 12.8. The van der Waals surface area contributed by atoms with Crippen LogP contribution in [0.15, 0.2) is 18.2 Å². The van der Waals surface area contributed by atoms with E-state index in [-0.39, 0.29) is 5.60 Å². The molecule has 2 rings (SSSR count). The molecule has 1 aliphatic rings. The van der Waals surface area contributed by atoms with Crippen molar-refractivity contribution in [3.63, 3.8) is 0 Å². The summed E-state index contributed by atoms with van der Waals surface area (Å²) < 4.78 is 5.92. The molecule has 2 nitrogen and oxygen atoms in total. The van der Waals surface area contributed by atoms with Gasteiger partial charge in [0.05, 0.1) is 11.6 Å². The zero-order chi connectivity index (χ0) is 13.9. The molecule has 0 bridgehead atoms. The van der Waals surface area contributed by atoms with E-state index in [1.54, 1.807) is 0 Å². The lowest BCUT2D eigenvalue weighted by Crippen LogP contribution is -2.51. The van der Waals surface area contributed by atoms with Crippen LogP contribution in [-0.4, -0.2) is 19.3 Å². The molecule has 1 N–H and O–H groups in total. The first-order valence-electron chi connectivity index (χ1n) is 7.49. The van der Waals surface area contributed by atoms with Gasteiger partial charge in [0, 0.05) is 7.11 Å². The van der Waals surface area contributed by atoms with Crippen molar-refractivity contribution in [2.45, 2.75) is 58.1 Å². The molecule has 1 atom stereocenters. The third-order valence-electron chi connectivity index (χ3n) is 4.69. The summed E-state index contributed by atoms with van der Waals surface area (Å²) in [6.45, 7) is 7.68. The van der Waals surface area contributed by atoms with Crippen molar-refractivity contribution >= 4 is 0 Å². The number of methoxy groups -OCH3 is 1. The van der Waals surface area contributed by atoms with E-state index in [4.69, 9.17) is 4.74 Å². The van der Waals surface area contributed by atoms with Crippen LogP contribution in [0.5, 0.6) is 0 Å². The third-order valence-corrected chi connectivity index (χ3v) is 4.69. The molecule has 1 unspecified atom stereocenters. The number of rotatable bonds is 6. The summed E-state index contributed by atoms with van der Waals surface area (Å²) in [5.74, 6) is 0. The van der Waals surface area contributed by atoms with Crippen LogP contribution in [0.1, 0.15) is 55.3 Å². The molecule has 0 saturated heterocycles. The van der Waals surface area contributed by atoms with Gasteiger partial charge < -0.3 is 10.1 Å². The highest BCUT2D eigenvalue weighted by Crippen LogP contribution is 2.45. The summed E-state index contributed by atoms with van der Waals surface area (Å²) in [7, 11) is 1.87. The molecule has 0 amide bonds. The van der Waals surface area contributed by atoms with Gasteiger partial charge in [0.1, 0.15) is 0 Å². The number of ether oxygens (including phenoxy) is 1. The number of hydrogen-bond donors (Lipinski definition) is 1. The predicted molar refractivity (Wildman–Crippen MR) is 80.5 cm³/mol. The lowest BCUT2D eigenvalue weighted by molar-refractivity contribution is -0.0998. The summed E-state index contributed by atoms with van der Waals surface area (Å²) in [6, 6.07) is 6.94. The van der Waals surface area contributed by atoms with Crippen molar-refractivity contribution in [1.82, 2.24) is 5.32 Å². The molecule has 106 valence electrons. The van der Waals surface area contributed by atoms with Gasteiger partial charge in [-0.15, -0.1) is 0 Å². The molecule has 1 aliphatic carbocycles. The Morgan fingerprint density at radius 1 is 1.32 bits per heavy atom. The second-order valence-corrected chi connectivity index (χ2v) is 5.80. The minimum atomic E-state index is 0.00766. The van der Waals surface area contributed by atoms with Gasteiger partial charge in [-0.3, -0.25) is 0 Å². The average molecular weight is 261 g/mol. The van der Waals surface area contributed by atoms with E-state index >= 15 is 0 Å². The van der Waals surface area contributed by atoms with Crippen molar-refractivity contribution in [3.05, 3.63) is 34.9 Å². The molecule has 0 aromatic heterocycles. The number of aryl methyl sites for hydroxylation is 1. The Hall–Kier alpha value is -0.860. The first-order chi connectivity index (χ1) is 9.14. The van der Waals surface area contributed by atoms with Crippen LogP contribution in [0.3, 0.4) is 0 Å². The van der Waals surface area contributed by atoms with E-state index < -0.39 is 0 Å². The molecule has 2 heteroatoms. The van der Waals surface area contributed by atoms with Crippen LogP contribution in [0, 0.1) is 13.8 Å². The summed E-state index contributed by atoms with van der Waals surface area (Å²) in [6.07, 6.45) is 4.76. The summed E-state index contributed by atoms with van der Waals surface area (Å²) in [5, 5.41) is 3.72. The van der Waals surface area contributed by atoms with Gasteiger partial charge in [0.15, 0.2) is 0 Å². The molecule has 1 aromatic carbocycles. The average Bonchev–Trinajstić information content (AvgIpc) is 2.36. The van der Waals surface area contributed by atoms with E-state index in [9.17, 15) is 0 Å². The summed E-state index contributed by atoms with van der Waals surface area (Å²) in [4.78, 5) is 0. The Labute approximate surface area is 117 Å². The fourth-order valence-electron chi connectivity index (χ4n) is 3.09. The molecule has 1 saturated carbocycles. The van der Waals surface area contributed by atoms with Gasteiger partial charge in [-0.05, 0) is 62.8 Å². The standard InChI is InChI=1S/C17H27NO/c1-5-12-18-16(17(19-4)10-7-11-17)15-9-6-8-13(2)14(15)3/h6,8-9,16,18H,5,7,10-12H2,1-4H3. The van der Waals surface area contributed by atoms with Crippen molar-refractivity contribution in [2.75, 3.05) is 13.7 Å². The van der Waals surface area contributed by atoms with Gasteiger partial charge in [-0.1, -0.05) is 25.1 Å². The highest BCUT2D eigenvalue weighted by Gasteiger charge is 2.45. The van der Waals surface area contributed by atoms with Gasteiger partial charge in [0.25, 0.3) is 0 Å². The SMILES string of the molecule is CCCNC(c1cccc(C)c1C)C1(OC)CCC1. The van der Waals surface area contributed by atoms with E-state index in [1.165, 1.54) is 23.1 Å². The third kappa shape index (κ3) is 2.70. The molecular weight excluding hydrogens is 234 g/mol. The van der Waals surface area contributed by atoms with E-state index in [2.05, 4.69) is 44.3 Å². The molecule has 19 heavy (non-hydrogen) atoms. The number of nitrogens with one attached hydrogen (secondary N) is 1. The molecule has 0 heterocycles. The summed E-state index contributed by atoms with van der Waals surface area (Å²) >= 11 is 0. The highest BCUT2D eigenvalue weighted by atomic mass is 16.5. The fraction of sp³-hybridized carbons (Fsp3) is 0.647. The molecular formula is C17H27NO. The van der Waals surface area contributed by atoms with Crippen LogP contribution >= 0.6 is 0 Å². The van der Waals surface area contributed by atoms with Gasteiger partial charge >= 0.3 is 0 Å². The maximum absolute atomic E-state index is 5.92. The first-order valence-corrected chi connectivity index (χ1v) is 7.49. The minimum absolute atomic E-state index is 0.00766. The molecule has 0 radical (unpaired) electrons. The Bertz CT molecular complexity index is 418. The topological polar surface area (TPSA) is 21.3 Å². The predicted octanol–water partition coefficient (Wildman–Crippen LogP) is 3.91. The van der Waals surface area contributed by atoms with E-state index in [0.717, 1.165) is 25.8 Å². The van der Waals surface area contributed by atoms with E-state index in [1.807, 2.05) is 7.11 Å². The maximum Gasteiger partial charge on any atom is 0.0872 e. The van der Waals surface area contributed by atoms with Gasteiger partial charge in [-0.25, -0.2) is 0 Å². The summed E-state index contributed by atoms with van der Waals surface area (Å²) in [5.41, 5.74) is 4.19. The normalized spacial score (nSPS) is 18.9. The van der Waals surface area contributed by atoms with Crippen molar-refractivity contribution < 1.29 is 4.74 Å². The van der Waals surface area contributed by atoms with Crippen LogP contribution < -0.4 is 5.32 Å². The molecule has 0 aliphatic heterocycles. The first kappa shape index (κ1) is 14.5. The highest BCUT2D eigenvalue weighted by molar-refractivity contribution is 5.37. The van der Waals surface area contributed by atoms with E-state index in [0.29, 0.717) is 6.04 Å². The smallest absolute Gasteiger partial charge is 0.0872 e. The van der Waals surface area contributed by atoms with Crippen LogP contribution in [-0.2, 0) is 4.74 Å². The zero-order valence-corrected chi connectivity index (χ0v) is 12.8. The Kier molecular flexibility index (Phi) is 4.64. The molecule has 1 fully saturated rings. The monoisotopic (exact) mass is 261 g/mol. The van der Waals surface area contributed by atoms with Crippen LogP contribution in [0.2, 0.25) is 0 Å². The Morgan fingerprint density at radius 3 is 2.58 bits per heavy atom. The second-order valence-electron chi connectivity index (χ2n) is 5.80. The van der Waals surface area contributed by atoms with Crippen molar-refractivity contribution in [1.29, 1.82) is 0 Å². The lowest BCUT2D eigenvalue weighted by atomic mass is 9.71. The maximum atomic E-state index is 5.92. The van der Waals surface area contributed by atoms with Gasteiger partial charge in [0.2, 0.25) is 0 Å². The molecule has 1 aromatic rings. The number of hydrogen-bond acceptors (Lipinski definition) is 2. The number of benzene rings is 1. The van der Waals surface area contributed by atoms with Crippen LogP contribution in [0.4, 0.5) is 0 Å². The quantitative estimate of drug-likeness (QED) is 0.838. The minimum Gasteiger partial charge on any atom is -0.376 e. The van der Waals surface area contributed by atoms with Crippen molar-refractivity contribution in [2.24, 2.45) is 0 Å². The fourth-order valence-corrected chi connectivity index (χ4v) is 3.09. The lowest BCUT2D eigenvalue weighted by Gasteiger charge is -2.47. The van der Waals surface area contributed by atoms with Crippen molar-refractivity contribution in [3.8, 4) is 0 Å².